The molecule has 6 rings (SSSR count). The van der Waals surface area contributed by atoms with E-state index < -0.39 is 27.3 Å². The molecule has 2 aromatic carbocycles. The van der Waals surface area contributed by atoms with Crippen LogP contribution in [0.1, 0.15) is 43.7 Å². The summed E-state index contributed by atoms with van der Waals surface area (Å²) in [6.07, 6.45) is 5.54. The molecule has 0 bridgehead atoms. The van der Waals surface area contributed by atoms with Gasteiger partial charge in [0, 0.05) is 41.5 Å². The number of halogens is 1. The molecule has 3 aliphatic heterocycles. The normalized spacial score (nSPS) is 20.8. The Balaban J connectivity index is 1.46. The highest BCUT2D eigenvalue weighted by molar-refractivity contribution is 7.93. The molecule has 256 valence electrons. The fourth-order valence-corrected chi connectivity index (χ4v) is 9.02. The number of hydrazine groups is 1. The lowest BCUT2D eigenvalue weighted by Gasteiger charge is -2.39. The highest BCUT2D eigenvalue weighted by Crippen LogP contribution is 2.52. The molecule has 2 N–H and O–H groups in total. The quantitative estimate of drug-likeness (QED) is 0.300. The monoisotopic (exact) mass is 697 g/mol. The van der Waals surface area contributed by atoms with Crippen LogP contribution < -0.4 is 29.3 Å². The molecule has 3 aromatic rings. The van der Waals surface area contributed by atoms with Gasteiger partial charge in [-0.1, -0.05) is 17.7 Å². The van der Waals surface area contributed by atoms with Crippen LogP contribution in [0.4, 0.5) is 5.69 Å². The third kappa shape index (κ3) is 5.86. The molecule has 2 fully saturated rings. The lowest BCUT2D eigenvalue weighted by Crippen LogP contribution is -2.58. The summed E-state index contributed by atoms with van der Waals surface area (Å²) in [7, 11) is -1.91. The lowest BCUT2D eigenvalue weighted by atomic mass is 9.74. The molecular weight excluding hydrogens is 658 g/mol. The van der Waals surface area contributed by atoms with Gasteiger partial charge in [-0.25, -0.2) is 22.7 Å². The van der Waals surface area contributed by atoms with Crippen LogP contribution in [0.5, 0.6) is 17.4 Å². The van der Waals surface area contributed by atoms with Crippen molar-refractivity contribution in [2.45, 2.75) is 42.9 Å². The summed E-state index contributed by atoms with van der Waals surface area (Å²) in [4.78, 5) is 34.1. The third-order valence-corrected chi connectivity index (χ3v) is 11.6. The zero-order valence-electron chi connectivity index (χ0n) is 27.2. The number of ether oxygens (including phenoxy) is 3. The van der Waals surface area contributed by atoms with Gasteiger partial charge in [-0.2, -0.15) is 0 Å². The third-order valence-electron chi connectivity index (χ3n) is 9.62. The molecule has 1 aromatic heterocycles. The Morgan fingerprint density at radius 2 is 1.75 bits per heavy atom. The molecule has 2 saturated heterocycles. The van der Waals surface area contributed by atoms with Gasteiger partial charge in [0.05, 0.1) is 26.5 Å². The number of pyridine rings is 1. The van der Waals surface area contributed by atoms with Crippen molar-refractivity contribution in [1.29, 1.82) is 0 Å². The van der Waals surface area contributed by atoms with Crippen LogP contribution in [0.15, 0.2) is 59.6 Å². The number of benzene rings is 2. The first-order valence-corrected chi connectivity index (χ1v) is 17.9. The second-order valence-electron chi connectivity index (χ2n) is 12.1. The van der Waals surface area contributed by atoms with Crippen molar-refractivity contribution in [2.75, 3.05) is 51.3 Å². The predicted octanol–water partition coefficient (Wildman–Crippen LogP) is 3.92. The van der Waals surface area contributed by atoms with E-state index in [1.165, 1.54) is 56.8 Å². The largest absolute Gasteiger partial charge is 0.497 e. The van der Waals surface area contributed by atoms with Crippen molar-refractivity contribution in [1.82, 2.24) is 20.7 Å². The van der Waals surface area contributed by atoms with E-state index in [-0.39, 0.29) is 45.0 Å². The minimum Gasteiger partial charge on any atom is -0.497 e. The van der Waals surface area contributed by atoms with E-state index in [0.717, 1.165) is 38.8 Å². The number of carbonyl (C=O) groups excluding carboxylic acids is 2. The number of rotatable bonds is 10. The first-order valence-electron chi connectivity index (χ1n) is 16.1. The second kappa shape index (κ2) is 13.9. The summed E-state index contributed by atoms with van der Waals surface area (Å²) < 4.78 is 46.3. The zero-order valence-corrected chi connectivity index (χ0v) is 28.8. The van der Waals surface area contributed by atoms with E-state index in [9.17, 15) is 13.2 Å². The molecule has 0 saturated carbocycles. The number of nitrogens with zero attached hydrogens (tertiary/aromatic N) is 3. The van der Waals surface area contributed by atoms with Crippen LogP contribution in [0.3, 0.4) is 0 Å². The highest BCUT2D eigenvalue weighted by atomic mass is 35.5. The second-order valence-corrected chi connectivity index (χ2v) is 14.3. The van der Waals surface area contributed by atoms with Gasteiger partial charge in [0.2, 0.25) is 5.88 Å². The summed E-state index contributed by atoms with van der Waals surface area (Å²) >= 11 is 6.53. The number of methoxy groups -OCH3 is 2. The van der Waals surface area contributed by atoms with Gasteiger partial charge in [0.15, 0.2) is 5.41 Å². The molecular formula is C34H40ClN5O7S. The van der Waals surface area contributed by atoms with E-state index >= 15 is 4.79 Å². The van der Waals surface area contributed by atoms with Gasteiger partial charge in [0.25, 0.3) is 21.8 Å². The average molecular weight is 698 g/mol. The van der Waals surface area contributed by atoms with E-state index in [2.05, 4.69) is 15.7 Å². The SMILES string of the molecule is CCOc1ncccc1C1(C(=O)NN2CCC(C3CCNCC3)CC2)C(=O)N(S(=O)(=O)c2ccc(OC)cc2OC)c2ccc(Cl)cc21. The van der Waals surface area contributed by atoms with Crippen molar-refractivity contribution in [3.8, 4) is 17.4 Å². The summed E-state index contributed by atoms with van der Waals surface area (Å²) in [5.41, 5.74) is 0.949. The summed E-state index contributed by atoms with van der Waals surface area (Å²) in [5.74, 6) is -0.213. The number of hydrogen-bond donors (Lipinski definition) is 2. The van der Waals surface area contributed by atoms with E-state index in [1.807, 2.05) is 5.01 Å². The standard InChI is InChI=1S/C34H40ClN5O7S/c1-4-47-31-26(6-5-15-37-31)34(32(41)38-39-18-13-23(14-19-39)22-11-16-36-17-12-22)27-20-24(35)7-9-28(27)40(33(34)42)48(43,44)30-10-8-25(45-2)21-29(30)46-3/h5-10,15,20-23,36H,4,11-14,16-19H2,1-3H3,(H,38,41). The molecule has 0 radical (unpaired) electrons. The van der Waals surface area contributed by atoms with Gasteiger partial charge in [0.1, 0.15) is 16.4 Å². The molecule has 14 heteroatoms. The fraction of sp³-hybridized carbons (Fsp3) is 0.441. The van der Waals surface area contributed by atoms with E-state index in [0.29, 0.717) is 35.0 Å². The maximum atomic E-state index is 15.1. The van der Waals surface area contributed by atoms with Crippen LogP contribution in [-0.2, 0) is 25.0 Å². The molecule has 1 atom stereocenters. The number of fused-ring (bicyclic) bond motifs is 1. The van der Waals surface area contributed by atoms with Gasteiger partial charge < -0.3 is 19.5 Å². The summed E-state index contributed by atoms with van der Waals surface area (Å²) in [5, 5.41) is 5.45. The number of sulfonamides is 1. The van der Waals surface area contributed by atoms with Gasteiger partial charge in [-0.05, 0) is 93.9 Å². The van der Waals surface area contributed by atoms with Crippen molar-refractivity contribution in [3.63, 3.8) is 0 Å². The van der Waals surface area contributed by atoms with Crippen LogP contribution >= 0.6 is 11.6 Å². The van der Waals surface area contributed by atoms with Crippen LogP contribution in [0, 0.1) is 11.8 Å². The minimum atomic E-state index is -4.67. The number of hydrogen-bond acceptors (Lipinski definition) is 10. The molecule has 3 aliphatic rings. The number of amides is 2. The Labute approximate surface area is 285 Å². The fourth-order valence-electron chi connectivity index (χ4n) is 7.24. The molecule has 0 aliphatic carbocycles. The van der Waals surface area contributed by atoms with Crippen LogP contribution in [0.2, 0.25) is 5.02 Å². The van der Waals surface area contributed by atoms with Gasteiger partial charge in [-0.3, -0.25) is 15.0 Å². The Kier molecular flexibility index (Phi) is 9.84. The predicted molar refractivity (Wildman–Crippen MR) is 180 cm³/mol. The molecule has 12 nitrogen and oxygen atoms in total. The number of carbonyl (C=O) groups is 2. The molecule has 4 heterocycles. The first-order chi connectivity index (χ1) is 23.2. The van der Waals surface area contributed by atoms with Gasteiger partial charge >= 0.3 is 0 Å². The molecule has 1 unspecified atom stereocenters. The highest BCUT2D eigenvalue weighted by Gasteiger charge is 2.62. The topological polar surface area (TPSA) is 139 Å². The first kappa shape index (κ1) is 34.0. The van der Waals surface area contributed by atoms with Crippen molar-refractivity contribution in [2.24, 2.45) is 11.8 Å². The van der Waals surface area contributed by atoms with Crippen molar-refractivity contribution >= 4 is 39.1 Å². The smallest absolute Gasteiger partial charge is 0.274 e. The molecule has 0 spiro atoms. The lowest BCUT2D eigenvalue weighted by molar-refractivity contribution is -0.137. The van der Waals surface area contributed by atoms with Crippen LogP contribution in [-0.4, -0.2) is 77.2 Å². The molecule has 48 heavy (non-hydrogen) atoms. The number of aromatic nitrogens is 1. The van der Waals surface area contributed by atoms with Crippen molar-refractivity contribution < 1.29 is 32.2 Å². The Morgan fingerprint density at radius 3 is 2.44 bits per heavy atom. The maximum absolute atomic E-state index is 15.1. The van der Waals surface area contributed by atoms with Crippen LogP contribution in [0.25, 0.3) is 0 Å². The maximum Gasteiger partial charge on any atom is 0.274 e. The zero-order chi connectivity index (χ0) is 34.1. The van der Waals surface area contributed by atoms with E-state index in [1.54, 1.807) is 19.1 Å². The summed E-state index contributed by atoms with van der Waals surface area (Å²) in [6.45, 7) is 5.15. The Hall–Kier alpha value is -3.91. The summed E-state index contributed by atoms with van der Waals surface area (Å²) in [6, 6.07) is 11.7. The van der Waals surface area contributed by atoms with E-state index in [4.69, 9.17) is 25.8 Å². The van der Waals surface area contributed by atoms with Gasteiger partial charge in [-0.15, -0.1) is 0 Å². The van der Waals surface area contributed by atoms with Crippen molar-refractivity contribution in [3.05, 3.63) is 70.9 Å². The average Bonchev–Trinajstić information content (AvgIpc) is 3.37. The number of anilines is 1. The number of nitrogens with one attached hydrogen (secondary N) is 2. The minimum absolute atomic E-state index is 0.0201. The Morgan fingerprint density at radius 1 is 1.02 bits per heavy atom. The Bertz CT molecular complexity index is 1790. The molecule has 2 amide bonds. The number of piperidine rings is 2.